The molecule has 2 amide bonds. The number of urea groups is 1. The predicted octanol–water partition coefficient (Wildman–Crippen LogP) is 4.06. The van der Waals surface area contributed by atoms with Crippen molar-refractivity contribution < 1.29 is 9.90 Å². The summed E-state index contributed by atoms with van der Waals surface area (Å²) in [6.45, 7) is 6.68. The number of benzene rings is 2. The molecule has 2 unspecified atom stereocenters. The number of carbonyl (C=O) groups excluding carboxylic acids is 1. The van der Waals surface area contributed by atoms with Crippen molar-refractivity contribution >= 4 is 39.3 Å². The smallest absolute Gasteiger partial charge is 0.319 e. The number of fused-ring (bicyclic) bond motifs is 1. The summed E-state index contributed by atoms with van der Waals surface area (Å²) >= 11 is 1.52. The summed E-state index contributed by atoms with van der Waals surface area (Å²) in [6, 6.07) is 15.5. The van der Waals surface area contributed by atoms with Crippen molar-refractivity contribution in [3.8, 4) is 6.07 Å². The third-order valence-corrected chi connectivity index (χ3v) is 7.99. The minimum atomic E-state index is -0.818. The number of likely N-dealkylation sites (tertiary alicyclic amines) is 1. The zero-order valence-corrected chi connectivity index (χ0v) is 21.3. The number of hydrogen-bond donors (Lipinski definition) is 3. The van der Waals surface area contributed by atoms with E-state index in [-0.39, 0.29) is 11.9 Å². The Balaban J connectivity index is 1.44. The van der Waals surface area contributed by atoms with Gasteiger partial charge in [0.15, 0.2) is 5.50 Å². The molecule has 2 atom stereocenters. The Labute approximate surface area is 214 Å². The number of aliphatic hydroxyl groups is 1. The first-order valence-corrected chi connectivity index (χ1v) is 12.8. The van der Waals surface area contributed by atoms with Gasteiger partial charge in [-0.15, -0.1) is 0 Å². The molecule has 0 spiro atoms. The zero-order chi connectivity index (χ0) is 25.4. The van der Waals surface area contributed by atoms with Crippen molar-refractivity contribution in [3.05, 3.63) is 71.2 Å². The molecule has 0 aliphatic carbocycles. The maximum Gasteiger partial charge on any atom is 0.319 e. The number of nitrogens with zero attached hydrogens (tertiary/aromatic N) is 4. The lowest BCUT2D eigenvalue weighted by molar-refractivity contribution is 0.0225. The van der Waals surface area contributed by atoms with Crippen LogP contribution in [0.15, 0.2) is 48.8 Å². The molecule has 1 fully saturated rings. The summed E-state index contributed by atoms with van der Waals surface area (Å²) in [6.07, 6.45) is 2.34. The second kappa shape index (κ2) is 9.45. The lowest BCUT2D eigenvalue weighted by Gasteiger charge is -2.26. The summed E-state index contributed by atoms with van der Waals surface area (Å²) in [4.78, 5) is 24.5. The molecule has 36 heavy (non-hydrogen) atoms. The van der Waals surface area contributed by atoms with Crippen LogP contribution in [-0.4, -0.2) is 50.2 Å². The van der Waals surface area contributed by atoms with Crippen molar-refractivity contribution in [1.82, 2.24) is 25.5 Å². The summed E-state index contributed by atoms with van der Waals surface area (Å²) in [7, 11) is 0. The topological polar surface area (TPSA) is 114 Å². The van der Waals surface area contributed by atoms with Gasteiger partial charge in [-0.25, -0.2) is 14.8 Å². The van der Waals surface area contributed by atoms with Gasteiger partial charge in [0.25, 0.3) is 0 Å². The molecule has 5 rings (SSSR count). The molecule has 3 heterocycles. The molecule has 2 aliphatic rings. The quantitative estimate of drug-likeness (QED) is 0.495. The summed E-state index contributed by atoms with van der Waals surface area (Å²) in [5, 5.41) is 27.3. The Morgan fingerprint density at radius 3 is 2.83 bits per heavy atom. The first-order chi connectivity index (χ1) is 17.2. The van der Waals surface area contributed by atoms with E-state index in [0.29, 0.717) is 18.7 Å². The largest absolute Gasteiger partial charge is 0.390 e. The molecule has 1 saturated heterocycles. The fourth-order valence-electron chi connectivity index (χ4n) is 4.69. The van der Waals surface area contributed by atoms with Crippen molar-refractivity contribution in [1.29, 1.82) is 5.26 Å². The molecule has 8 nitrogen and oxygen atoms in total. The fraction of sp³-hybridized carbons (Fsp3) is 0.333. The predicted molar refractivity (Wildman–Crippen MR) is 141 cm³/mol. The third-order valence-electron chi connectivity index (χ3n) is 6.84. The van der Waals surface area contributed by atoms with Gasteiger partial charge in [0.1, 0.15) is 6.33 Å². The normalized spacial score (nSPS) is 19.9. The lowest BCUT2D eigenvalue weighted by Crippen LogP contribution is -2.47. The van der Waals surface area contributed by atoms with Gasteiger partial charge < -0.3 is 20.6 Å². The lowest BCUT2D eigenvalue weighted by atomic mass is 9.91. The Hall–Kier alpha value is -3.61. The van der Waals surface area contributed by atoms with Gasteiger partial charge in [-0.2, -0.15) is 5.26 Å². The van der Waals surface area contributed by atoms with E-state index in [1.807, 2.05) is 37.3 Å². The first-order valence-electron chi connectivity index (χ1n) is 11.9. The van der Waals surface area contributed by atoms with Crippen LogP contribution in [-0.2, 0) is 0 Å². The molecular weight excluding hydrogens is 472 g/mol. The molecular formula is C27H28N6O2S. The number of rotatable bonds is 4. The standard InChI is InChI=1S/C27H28N6O2S/c1-16-21-12-19(7-8-22(21)30-15-29-16)24-23(18-6-4-5-17(11-18)13-28)31-25(36-24)32-26(34)33-10-9-20(14-33)27(2,3)35/h4-8,11-12,15,20,25,31,35H,9-10,14H2,1-3H3,(H,32,34). The zero-order valence-electron chi connectivity index (χ0n) is 20.4. The molecule has 184 valence electrons. The van der Waals surface area contributed by atoms with Crippen LogP contribution in [0.3, 0.4) is 0 Å². The van der Waals surface area contributed by atoms with E-state index in [4.69, 9.17) is 0 Å². The Kier molecular flexibility index (Phi) is 6.33. The SMILES string of the molecule is Cc1ncnc2ccc(C3=C(c4cccc(C#N)c4)NC(NC(=O)N4CCC(C(C)(C)O)C4)S3)cc12. The molecule has 2 aromatic carbocycles. The van der Waals surface area contributed by atoms with Crippen molar-refractivity contribution in [2.45, 2.75) is 38.3 Å². The van der Waals surface area contributed by atoms with Crippen LogP contribution in [0.2, 0.25) is 0 Å². The van der Waals surface area contributed by atoms with Gasteiger partial charge in [-0.05, 0) is 57.0 Å². The third kappa shape index (κ3) is 4.74. The van der Waals surface area contributed by atoms with Gasteiger partial charge in [-0.3, -0.25) is 0 Å². The van der Waals surface area contributed by atoms with Gasteiger partial charge in [-0.1, -0.05) is 30.0 Å². The van der Waals surface area contributed by atoms with Crippen LogP contribution in [0.1, 0.15) is 42.7 Å². The van der Waals surface area contributed by atoms with E-state index >= 15 is 0 Å². The van der Waals surface area contributed by atoms with E-state index in [9.17, 15) is 15.2 Å². The summed E-state index contributed by atoms with van der Waals surface area (Å²) < 4.78 is 0. The van der Waals surface area contributed by atoms with E-state index in [0.717, 1.165) is 44.7 Å². The highest BCUT2D eigenvalue weighted by Gasteiger charge is 2.37. The molecule has 3 N–H and O–H groups in total. The second-order valence-electron chi connectivity index (χ2n) is 9.76. The number of carbonyl (C=O) groups is 1. The Bertz CT molecular complexity index is 1410. The second-order valence-corrected chi connectivity index (χ2v) is 10.9. The highest BCUT2D eigenvalue weighted by atomic mass is 32.2. The monoisotopic (exact) mass is 500 g/mol. The van der Waals surface area contributed by atoms with Crippen LogP contribution < -0.4 is 10.6 Å². The van der Waals surface area contributed by atoms with E-state index in [1.54, 1.807) is 31.1 Å². The number of nitrogens with one attached hydrogen (secondary N) is 2. The Morgan fingerprint density at radius 2 is 2.08 bits per heavy atom. The number of aryl methyl sites for hydroxylation is 1. The van der Waals surface area contributed by atoms with E-state index < -0.39 is 11.1 Å². The minimum absolute atomic E-state index is 0.0495. The molecule has 0 radical (unpaired) electrons. The summed E-state index contributed by atoms with van der Waals surface area (Å²) in [5.41, 5.74) is 3.83. The number of aromatic nitrogens is 2. The number of thioether (sulfide) groups is 1. The van der Waals surface area contributed by atoms with Crippen LogP contribution in [0.4, 0.5) is 4.79 Å². The van der Waals surface area contributed by atoms with Crippen LogP contribution in [0.5, 0.6) is 0 Å². The number of hydrogen-bond acceptors (Lipinski definition) is 7. The molecule has 1 aromatic heterocycles. The summed E-state index contributed by atoms with van der Waals surface area (Å²) in [5.74, 6) is 0.0495. The molecule has 3 aromatic rings. The maximum absolute atomic E-state index is 13.1. The van der Waals surface area contributed by atoms with Gasteiger partial charge >= 0.3 is 6.03 Å². The average Bonchev–Trinajstić information content (AvgIpc) is 3.52. The van der Waals surface area contributed by atoms with E-state index in [2.05, 4.69) is 32.7 Å². The van der Waals surface area contributed by atoms with Crippen molar-refractivity contribution in [2.75, 3.05) is 13.1 Å². The molecule has 0 saturated carbocycles. The van der Waals surface area contributed by atoms with Crippen LogP contribution in [0, 0.1) is 24.2 Å². The number of nitriles is 1. The van der Waals surface area contributed by atoms with Gasteiger partial charge in [0, 0.05) is 40.6 Å². The highest BCUT2D eigenvalue weighted by molar-refractivity contribution is 8.09. The van der Waals surface area contributed by atoms with E-state index in [1.165, 1.54) is 11.8 Å². The number of amides is 2. The average molecular weight is 501 g/mol. The molecule has 9 heteroatoms. The fourth-order valence-corrected chi connectivity index (χ4v) is 5.82. The Morgan fingerprint density at radius 1 is 1.25 bits per heavy atom. The molecule has 2 aliphatic heterocycles. The van der Waals surface area contributed by atoms with Gasteiger partial charge in [0.2, 0.25) is 0 Å². The van der Waals surface area contributed by atoms with Gasteiger partial charge in [0.05, 0.1) is 28.4 Å². The highest BCUT2D eigenvalue weighted by Crippen LogP contribution is 2.42. The maximum atomic E-state index is 13.1. The van der Waals surface area contributed by atoms with Crippen molar-refractivity contribution in [3.63, 3.8) is 0 Å². The van der Waals surface area contributed by atoms with Crippen molar-refractivity contribution in [2.24, 2.45) is 5.92 Å². The first kappa shape index (κ1) is 24.1. The molecule has 0 bridgehead atoms. The minimum Gasteiger partial charge on any atom is -0.390 e. The van der Waals surface area contributed by atoms with Crippen LogP contribution >= 0.6 is 11.8 Å². The van der Waals surface area contributed by atoms with Crippen LogP contribution in [0.25, 0.3) is 21.5 Å².